The Morgan fingerprint density at radius 3 is 3.08 bits per heavy atom. The zero-order valence-corrected chi connectivity index (χ0v) is 7.31. The van der Waals surface area contributed by atoms with E-state index >= 15 is 0 Å². The molecule has 0 bridgehead atoms. The molecule has 1 nitrogen and oxygen atoms in total. The normalized spacial score (nSPS) is 22.7. The molecule has 0 aromatic carbocycles. The van der Waals surface area contributed by atoms with E-state index < -0.39 is 0 Å². The van der Waals surface area contributed by atoms with E-state index in [0.717, 1.165) is 25.7 Å². The largest absolute Gasteiger partial charge is 0.299 e. The van der Waals surface area contributed by atoms with Gasteiger partial charge in [-0.1, -0.05) is 24.8 Å². The Hall–Kier alpha value is -1.03. The van der Waals surface area contributed by atoms with Gasteiger partial charge in [0.15, 0.2) is 0 Å². The fraction of sp³-hybridized carbons (Fsp3) is 0.545. The zero-order valence-electron chi connectivity index (χ0n) is 7.31. The molecule has 0 spiro atoms. The van der Waals surface area contributed by atoms with Crippen molar-refractivity contribution in [3.8, 4) is 11.8 Å². The quantitative estimate of drug-likeness (QED) is 0.541. The van der Waals surface area contributed by atoms with E-state index in [2.05, 4.69) is 18.4 Å². The van der Waals surface area contributed by atoms with Crippen LogP contribution < -0.4 is 0 Å². The van der Waals surface area contributed by atoms with Gasteiger partial charge in [0.2, 0.25) is 0 Å². The van der Waals surface area contributed by atoms with Gasteiger partial charge in [0.05, 0.1) is 0 Å². The first-order valence-corrected chi connectivity index (χ1v) is 4.46. The number of carbonyl (C=O) groups excluding carboxylic acids is 1. The average molecular weight is 162 g/mol. The predicted octanol–water partition coefficient (Wildman–Crippen LogP) is 2.33. The first-order valence-electron chi connectivity index (χ1n) is 4.46. The molecule has 0 aliphatic heterocycles. The standard InChI is InChI=1S/C11H14O/c1-2-3-4-7-10-8-5-6-9-11(10)12/h2,10H,1,5-9H2. The minimum atomic E-state index is 0.214. The van der Waals surface area contributed by atoms with Crippen LogP contribution in [-0.2, 0) is 4.79 Å². The maximum Gasteiger partial charge on any atom is 0.136 e. The van der Waals surface area contributed by atoms with Gasteiger partial charge < -0.3 is 0 Å². The lowest BCUT2D eigenvalue weighted by Crippen LogP contribution is -2.18. The Morgan fingerprint density at radius 1 is 1.58 bits per heavy atom. The first-order chi connectivity index (χ1) is 5.84. The third kappa shape index (κ3) is 2.54. The summed E-state index contributed by atoms with van der Waals surface area (Å²) in [6, 6.07) is 0. The lowest BCUT2D eigenvalue weighted by molar-refractivity contribution is -0.124. The molecule has 1 saturated carbocycles. The minimum Gasteiger partial charge on any atom is -0.299 e. The first kappa shape index (κ1) is 9.06. The summed E-state index contributed by atoms with van der Waals surface area (Å²) < 4.78 is 0. The van der Waals surface area contributed by atoms with Crippen LogP contribution in [0.3, 0.4) is 0 Å². The fourth-order valence-electron chi connectivity index (χ4n) is 1.53. The highest BCUT2D eigenvalue weighted by Crippen LogP contribution is 2.22. The van der Waals surface area contributed by atoms with E-state index in [4.69, 9.17) is 0 Å². The van der Waals surface area contributed by atoms with Crippen molar-refractivity contribution in [3.63, 3.8) is 0 Å². The lowest BCUT2D eigenvalue weighted by atomic mass is 9.86. The number of Topliss-reactive ketones (excluding diaryl/α,β-unsaturated/α-hetero) is 1. The second kappa shape index (κ2) is 4.77. The van der Waals surface area contributed by atoms with Crippen LogP contribution in [0.15, 0.2) is 12.7 Å². The highest BCUT2D eigenvalue weighted by atomic mass is 16.1. The fourth-order valence-corrected chi connectivity index (χ4v) is 1.53. The van der Waals surface area contributed by atoms with Gasteiger partial charge >= 0.3 is 0 Å². The predicted molar refractivity (Wildman–Crippen MR) is 49.6 cm³/mol. The molecule has 0 N–H and O–H groups in total. The Morgan fingerprint density at radius 2 is 2.42 bits per heavy atom. The van der Waals surface area contributed by atoms with Crippen LogP contribution >= 0.6 is 0 Å². The SMILES string of the molecule is C=CC#CCC1CCCCC1=O. The summed E-state index contributed by atoms with van der Waals surface area (Å²) >= 11 is 0. The highest BCUT2D eigenvalue weighted by Gasteiger charge is 2.20. The monoisotopic (exact) mass is 162 g/mol. The average Bonchev–Trinajstić information content (AvgIpc) is 2.09. The smallest absolute Gasteiger partial charge is 0.136 e. The van der Waals surface area contributed by atoms with Gasteiger partial charge in [-0.05, 0) is 18.9 Å². The minimum absolute atomic E-state index is 0.214. The molecule has 1 atom stereocenters. The molecule has 1 fully saturated rings. The maximum absolute atomic E-state index is 11.3. The molecule has 0 aromatic heterocycles. The molecule has 1 aliphatic carbocycles. The molecular formula is C11H14O. The van der Waals surface area contributed by atoms with E-state index in [0.29, 0.717) is 5.78 Å². The molecule has 1 unspecified atom stereocenters. The lowest BCUT2D eigenvalue weighted by Gasteiger charge is -2.17. The van der Waals surface area contributed by atoms with Crippen molar-refractivity contribution in [2.24, 2.45) is 5.92 Å². The molecule has 0 radical (unpaired) electrons. The zero-order chi connectivity index (χ0) is 8.81. The van der Waals surface area contributed by atoms with Crippen molar-refractivity contribution in [1.82, 2.24) is 0 Å². The Kier molecular flexibility index (Phi) is 3.60. The van der Waals surface area contributed by atoms with Crippen LogP contribution in [0.5, 0.6) is 0 Å². The van der Waals surface area contributed by atoms with Crippen molar-refractivity contribution in [2.45, 2.75) is 32.1 Å². The molecule has 12 heavy (non-hydrogen) atoms. The number of ketones is 1. The summed E-state index contributed by atoms with van der Waals surface area (Å²) in [6.45, 7) is 3.50. The summed E-state index contributed by atoms with van der Waals surface area (Å²) in [5.74, 6) is 6.34. The third-order valence-corrected chi connectivity index (χ3v) is 2.23. The summed E-state index contributed by atoms with van der Waals surface area (Å²) in [5, 5.41) is 0. The van der Waals surface area contributed by atoms with Gasteiger partial charge in [0.1, 0.15) is 5.78 Å². The Bertz CT molecular complexity index is 229. The van der Waals surface area contributed by atoms with Crippen molar-refractivity contribution < 1.29 is 4.79 Å². The Labute approximate surface area is 73.9 Å². The van der Waals surface area contributed by atoms with Crippen LogP contribution in [0, 0.1) is 17.8 Å². The molecule has 1 aliphatic rings. The summed E-state index contributed by atoms with van der Waals surface area (Å²) in [5.41, 5.74) is 0. The van der Waals surface area contributed by atoms with Crippen LogP contribution in [-0.4, -0.2) is 5.78 Å². The maximum atomic E-state index is 11.3. The summed E-state index contributed by atoms with van der Waals surface area (Å²) in [4.78, 5) is 11.3. The molecule has 0 amide bonds. The molecule has 0 saturated heterocycles. The number of allylic oxidation sites excluding steroid dienone is 1. The number of rotatable bonds is 1. The molecule has 0 heterocycles. The Balaban J connectivity index is 2.39. The van der Waals surface area contributed by atoms with Crippen LogP contribution in [0.1, 0.15) is 32.1 Å². The van der Waals surface area contributed by atoms with Gasteiger partial charge in [-0.15, -0.1) is 0 Å². The molecule has 64 valence electrons. The van der Waals surface area contributed by atoms with E-state index in [1.165, 1.54) is 6.42 Å². The second-order valence-electron chi connectivity index (χ2n) is 3.14. The second-order valence-corrected chi connectivity index (χ2v) is 3.14. The van der Waals surface area contributed by atoms with E-state index in [1.807, 2.05) is 0 Å². The molecule has 1 rings (SSSR count). The molecule has 0 aromatic rings. The number of hydrogen-bond donors (Lipinski definition) is 0. The van der Waals surface area contributed by atoms with Crippen LogP contribution in [0.4, 0.5) is 0 Å². The van der Waals surface area contributed by atoms with Gasteiger partial charge in [0.25, 0.3) is 0 Å². The highest BCUT2D eigenvalue weighted by molar-refractivity contribution is 5.81. The van der Waals surface area contributed by atoms with Crippen molar-refractivity contribution in [2.75, 3.05) is 0 Å². The van der Waals surface area contributed by atoms with Crippen molar-refractivity contribution in [1.29, 1.82) is 0 Å². The third-order valence-electron chi connectivity index (χ3n) is 2.23. The summed E-state index contributed by atoms with van der Waals surface area (Å²) in [6.07, 6.45) is 6.36. The molecular weight excluding hydrogens is 148 g/mol. The van der Waals surface area contributed by atoms with Gasteiger partial charge in [-0.25, -0.2) is 0 Å². The van der Waals surface area contributed by atoms with E-state index in [1.54, 1.807) is 6.08 Å². The molecule has 1 heteroatoms. The van der Waals surface area contributed by atoms with Crippen molar-refractivity contribution >= 4 is 5.78 Å². The topological polar surface area (TPSA) is 17.1 Å². The van der Waals surface area contributed by atoms with Gasteiger partial charge in [-0.3, -0.25) is 4.79 Å². The van der Waals surface area contributed by atoms with Crippen LogP contribution in [0.2, 0.25) is 0 Å². The number of carbonyl (C=O) groups is 1. The van der Waals surface area contributed by atoms with Crippen molar-refractivity contribution in [3.05, 3.63) is 12.7 Å². The van der Waals surface area contributed by atoms with Crippen LogP contribution in [0.25, 0.3) is 0 Å². The van der Waals surface area contributed by atoms with E-state index in [-0.39, 0.29) is 5.92 Å². The number of hydrogen-bond acceptors (Lipinski definition) is 1. The van der Waals surface area contributed by atoms with E-state index in [9.17, 15) is 4.79 Å². The summed E-state index contributed by atoms with van der Waals surface area (Å²) in [7, 11) is 0. The van der Waals surface area contributed by atoms with Gasteiger partial charge in [0, 0.05) is 18.8 Å². The van der Waals surface area contributed by atoms with Gasteiger partial charge in [-0.2, -0.15) is 0 Å².